The van der Waals surface area contributed by atoms with E-state index in [2.05, 4.69) is 19.9 Å². The van der Waals surface area contributed by atoms with Gasteiger partial charge in [-0.15, -0.1) is 18.3 Å². The largest absolute Gasteiger partial charge is 0.573 e. The van der Waals surface area contributed by atoms with Crippen LogP contribution in [-0.2, 0) is 6.54 Å². The third kappa shape index (κ3) is 4.45. The van der Waals surface area contributed by atoms with Gasteiger partial charge in [-0.3, -0.25) is 4.98 Å². The van der Waals surface area contributed by atoms with Gasteiger partial charge in [0.05, 0.1) is 36.7 Å². The van der Waals surface area contributed by atoms with Gasteiger partial charge in [0, 0.05) is 17.8 Å². The summed E-state index contributed by atoms with van der Waals surface area (Å²) in [6.45, 7) is 0.0270. The van der Waals surface area contributed by atoms with Gasteiger partial charge in [0.25, 0.3) is 0 Å². The number of fused-ring (bicyclic) bond motifs is 1. The Morgan fingerprint density at radius 2 is 1.80 bits per heavy atom. The van der Waals surface area contributed by atoms with Gasteiger partial charge >= 0.3 is 18.1 Å². The van der Waals surface area contributed by atoms with Crippen LogP contribution in [0.4, 0.5) is 13.2 Å². The maximum absolute atomic E-state index is 13.3. The molecule has 9 nitrogen and oxygen atoms in total. The van der Waals surface area contributed by atoms with Gasteiger partial charge in [-0.05, 0) is 42.0 Å². The average Bonchev–Trinajstić information content (AvgIpc) is 3.41. The Morgan fingerprint density at radius 1 is 1.00 bits per heavy atom. The van der Waals surface area contributed by atoms with E-state index in [1.807, 2.05) is 12.1 Å². The molecular weight excluding hydrogens is 465 g/mol. The Hall–Kier alpha value is -4.61. The zero-order chi connectivity index (χ0) is 24.6. The van der Waals surface area contributed by atoms with Crippen LogP contribution in [0.3, 0.4) is 0 Å². The van der Waals surface area contributed by atoms with Crippen LogP contribution in [0.5, 0.6) is 11.8 Å². The fourth-order valence-electron chi connectivity index (χ4n) is 3.63. The van der Waals surface area contributed by atoms with Crippen LogP contribution in [0, 0.1) is 0 Å². The Kier molecular flexibility index (Phi) is 5.47. The van der Waals surface area contributed by atoms with Gasteiger partial charge in [-0.1, -0.05) is 18.2 Å². The summed E-state index contributed by atoms with van der Waals surface area (Å²) in [6.07, 6.45) is 0.321. The molecular formula is C23H17F3N6O3. The molecule has 0 atom stereocenters. The molecule has 0 saturated heterocycles. The lowest BCUT2D eigenvalue weighted by Gasteiger charge is -2.09. The number of rotatable bonds is 6. The third-order valence-corrected chi connectivity index (χ3v) is 5.17. The number of aromatic nitrogens is 6. The van der Waals surface area contributed by atoms with Crippen molar-refractivity contribution in [2.24, 2.45) is 0 Å². The molecule has 2 aromatic carbocycles. The minimum Gasteiger partial charge on any atom is -0.467 e. The molecule has 0 radical (unpaired) electrons. The molecule has 0 unspecified atom stereocenters. The summed E-state index contributed by atoms with van der Waals surface area (Å²) in [5.74, 6) is -0.353. The van der Waals surface area contributed by atoms with E-state index in [1.54, 1.807) is 41.5 Å². The van der Waals surface area contributed by atoms with E-state index >= 15 is 0 Å². The Morgan fingerprint density at radius 3 is 2.49 bits per heavy atom. The van der Waals surface area contributed by atoms with Gasteiger partial charge in [0.1, 0.15) is 5.75 Å². The van der Waals surface area contributed by atoms with Crippen molar-refractivity contribution in [3.8, 4) is 23.1 Å². The SMILES string of the molecule is COc1nn(-c2cccc3nn(-c4cccnc4)cc23)c(=O)n1Cc1ccc(OC(F)(F)F)cc1. The van der Waals surface area contributed by atoms with E-state index in [0.717, 1.165) is 5.69 Å². The summed E-state index contributed by atoms with van der Waals surface area (Å²) in [5, 5.41) is 9.55. The van der Waals surface area contributed by atoms with Gasteiger partial charge in [-0.25, -0.2) is 14.0 Å². The van der Waals surface area contributed by atoms with Crippen molar-refractivity contribution >= 4 is 10.9 Å². The predicted molar refractivity (Wildman–Crippen MR) is 119 cm³/mol. The molecule has 0 saturated carbocycles. The molecule has 0 bridgehead atoms. The first-order valence-electron chi connectivity index (χ1n) is 10.3. The standard InChI is InChI=1S/C23H17F3N6O3/c1-34-21-29-32(22(33)30(21)13-15-7-9-17(10-8-15)35-23(24,25)26)20-6-2-5-19-18(20)14-31(28-19)16-4-3-11-27-12-16/h2-12,14H,13H2,1H3. The number of hydrogen-bond acceptors (Lipinski definition) is 6. The fourth-order valence-corrected chi connectivity index (χ4v) is 3.63. The zero-order valence-electron chi connectivity index (χ0n) is 18.2. The molecule has 5 rings (SSSR count). The second-order valence-corrected chi connectivity index (χ2v) is 7.45. The highest BCUT2D eigenvalue weighted by molar-refractivity contribution is 5.87. The number of alkyl halides is 3. The van der Waals surface area contributed by atoms with Gasteiger partial charge < -0.3 is 9.47 Å². The van der Waals surface area contributed by atoms with Crippen LogP contribution in [-0.4, -0.2) is 42.6 Å². The van der Waals surface area contributed by atoms with Crippen LogP contribution in [0.25, 0.3) is 22.3 Å². The molecule has 3 heterocycles. The summed E-state index contributed by atoms with van der Waals surface area (Å²) in [6, 6.07) is 14.2. The molecule has 12 heteroatoms. The molecule has 0 aliphatic carbocycles. The smallest absolute Gasteiger partial charge is 0.467 e. The van der Waals surface area contributed by atoms with E-state index in [-0.39, 0.29) is 18.3 Å². The average molecular weight is 482 g/mol. The maximum atomic E-state index is 13.3. The Balaban J connectivity index is 1.51. The molecule has 0 spiro atoms. The molecule has 0 aliphatic heterocycles. The van der Waals surface area contributed by atoms with Crippen LogP contribution >= 0.6 is 0 Å². The Bertz CT molecular complexity index is 1540. The lowest BCUT2D eigenvalue weighted by Crippen LogP contribution is -2.24. The molecule has 35 heavy (non-hydrogen) atoms. The summed E-state index contributed by atoms with van der Waals surface area (Å²) < 4.78 is 50.6. The van der Waals surface area contributed by atoms with Crippen molar-refractivity contribution in [3.05, 3.63) is 89.2 Å². The van der Waals surface area contributed by atoms with Crippen molar-refractivity contribution in [1.29, 1.82) is 0 Å². The van der Waals surface area contributed by atoms with Crippen molar-refractivity contribution in [2.75, 3.05) is 7.11 Å². The fraction of sp³-hybridized carbons (Fsp3) is 0.130. The van der Waals surface area contributed by atoms with Crippen molar-refractivity contribution in [2.45, 2.75) is 12.9 Å². The normalized spacial score (nSPS) is 11.7. The van der Waals surface area contributed by atoms with Crippen molar-refractivity contribution < 1.29 is 22.6 Å². The molecule has 0 amide bonds. The first-order valence-corrected chi connectivity index (χ1v) is 10.3. The van der Waals surface area contributed by atoms with Crippen LogP contribution in [0.15, 0.2) is 78.0 Å². The molecule has 0 aliphatic rings. The highest BCUT2D eigenvalue weighted by Gasteiger charge is 2.31. The highest BCUT2D eigenvalue weighted by Crippen LogP contribution is 2.24. The van der Waals surface area contributed by atoms with Crippen molar-refractivity contribution in [1.82, 2.24) is 29.1 Å². The number of nitrogens with zero attached hydrogens (tertiary/aromatic N) is 6. The highest BCUT2D eigenvalue weighted by atomic mass is 19.4. The van der Waals surface area contributed by atoms with E-state index < -0.39 is 12.1 Å². The molecule has 0 N–H and O–H groups in total. The maximum Gasteiger partial charge on any atom is 0.573 e. The van der Waals surface area contributed by atoms with Crippen LogP contribution in [0.2, 0.25) is 0 Å². The van der Waals surface area contributed by atoms with E-state index in [0.29, 0.717) is 22.2 Å². The summed E-state index contributed by atoms with van der Waals surface area (Å²) >= 11 is 0. The quantitative estimate of drug-likeness (QED) is 0.367. The zero-order valence-corrected chi connectivity index (χ0v) is 18.2. The number of halogens is 3. The van der Waals surface area contributed by atoms with Crippen molar-refractivity contribution in [3.63, 3.8) is 0 Å². The molecule has 3 aromatic heterocycles. The predicted octanol–water partition coefficient (Wildman–Crippen LogP) is 3.72. The van der Waals surface area contributed by atoms with Crippen LogP contribution in [0.1, 0.15) is 5.56 Å². The van der Waals surface area contributed by atoms with Crippen LogP contribution < -0.4 is 15.2 Å². The van der Waals surface area contributed by atoms with Gasteiger partial charge in [0.2, 0.25) is 0 Å². The summed E-state index contributed by atoms with van der Waals surface area (Å²) in [4.78, 5) is 17.4. The Labute approximate surface area is 195 Å². The molecule has 5 aromatic rings. The van der Waals surface area contributed by atoms with E-state index in [9.17, 15) is 18.0 Å². The number of ether oxygens (including phenoxy) is 2. The first-order chi connectivity index (χ1) is 16.8. The number of methoxy groups -OCH3 is 1. The number of pyridine rings is 1. The summed E-state index contributed by atoms with van der Waals surface area (Å²) in [5.41, 5.74) is 1.96. The third-order valence-electron chi connectivity index (χ3n) is 5.17. The molecule has 178 valence electrons. The minimum absolute atomic E-state index is 0.0270. The number of benzene rings is 2. The monoisotopic (exact) mass is 482 g/mol. The van der Waals surface area contributed by atoms with Gasteiger partial charge in [0.15, 0.2) is 0 Å². The first kappa shape index (κ1) is 22.2. The van der Waals surface area contributed by atoms with E-state index in [1.165, 1.54) is 40.6 Å². The minimum atomic E-state index is -4.78. The van der Waals surface area contributed by atoms with Gasteiger partial charge in [-0.2, -0.15) is 9.78 Å². The lowest BCUT2D eigenvalue weighted by atomic mass is 10.2. The second kappa shape index (κ2) is 8.63. The van der Waals surface area contributed by atoms with E-state index in [4.69, 9.17) is 4.74 Å². The topological polar surface area (TPSA) is 89.0 Å². The molecule has 0 fully saturated rings. The lowest BCUT2D eigenvalue weighted by molar-refractivity contribution is -0.274. The summed E-state index contributed by atoms with van der Waals surface area (Å²) in [7, 11) is 1.38. The second-order valence-electron chi connectivity index (χ2n) is 7.45. The number of hydrogen-bond donors (Lipinski definition) is 0.